The van der Waals surface area contributed by atoms with Crippen molar-refractivity contribution in [3.05, 3.63) is 77.9 Å². The van der Waals surface area contributed by atoms with Gasteiger partial charge in [0.1, 0.15) is 23.0 Å². The van der Waals surface area contributed by atoms with Gasteiger partial charge in [0.15, 0.2) is 0 Å². The summed E-state index contributed by atoms with van der Waals surface area (Å²) in [6, 6.07) is 18.1. The maximum absolute atomic E-state index is 12.3. The van der Waals surface area contributed by atoms with Crippen molar-refractivity contribution in [1.82, 2.24) is 14.9 Å². The van der Waals surface area contributed by atoms with Crippen molar-refractivity contribution in [3.8, 4) is 11.5 Å². The first-order valence-corrected chi connectivity index (χ1v) is 10.4. The lowest BCUT2D eigenvalue weighted by Gasteiger charge is -2.24. The summed E-state index contributed by atoms with van der Waals surface area (Å²) in [7, 11) is 1.66. The Morgan fingerprint density at radius 2 is 1.90 bits per heavy atom. The van der Waals surface area contributed by atoms with Crippen LogP contribution in [0.2, 0.25) is 0 Å². The van der Waals surface area contributed by atoms with Gasteiger partial charge in [-0.25, -0.2) is 4.98 Å². The van der Waals surface area contributed by atoms with Crippen LogP contribution in [-0.2, 0) is 17.7 Å². The normalized spacial score (nSPS) is 15.4. The number of amides is 1. The molecule has 0 aliphatic carbocycles. The van der Waals surface area contributed by atoms with Gasteiger partial charge in [-0.05, 0) is 42.7 Å². The zero-order chi connectivity index (χ0) is 20.8. The third-order valence-electron chi connectivity index (χ3n) is 5.37. The van der Waals surface area contributed by atoms with Crippen LogP contribution in [0.5, 0.6) is 11.5 Å². The molecule has 1 aliphatic heterocycles. The molecule has 1 aromatic heterocycles. The molecule has 0 fully saturated rings. The molecule has 0 radical (unpaired) electrons. The van der Waals surface area contributed by atoms with E-state index in [1.165, 1.54) is 5.56 Å². The molecule has 6 nitrogen and oxygen atoms in total. The molecule has 3 aromatic rings. The lowest BCUT2D eigenvalue weighted by atomic mass is 9.91. The first-order chi connectivity index (χ1) is 14.7. The summed E-state index contributed by atoms with van der Waals surface area (Å²) in [5, 5.41) is 2.90. The third kappa shape index (κ3) is 4.89. The second-order valence-corrected chi connectivity index (χ2v) is 7.52. The summed E-state index contributed by atoms with van der Waals surface area (Å²) >= 11 is 0. The zero-order valence-electron chi connectivity index (χ0n) is 17.2. The number of hydrogen-bond donors (Lipinski definition) is 1. The molecule has 1 atom stereocenters. The number of nitrogens with one attached hydrogen (secondary N) is 1. The molecule has 2 aromatic carbocycles. The lowest BCUT2D eigenvalue weighted by Crippen LogP contribution is -2.25. The summed E-state index contributed by atoms with van der Waals surface area (Å²) < 4.78 is 13.0. The molecular formula is C24H27N3O3. The summed E-state index contributed by atoms with van der Waals surface area (Å²) in [5.41, 5.74) is 1.77. The molecule has 1 aliphatic rings. The van der Waals surface area contributed by atoms with Crippen molar-refractivity contribution in [3.63, 3.8) is 0 Å². The molecule has 4 rings (SSSR count). The summed E-state index contributed by atoms with van der Waals surface area (Å²) in [6.07, 6.45) is 4.55. The van der Waals surface area contributed by atoms with Crippen LogP contribution >= 0.6 is 0 Å². The molecule has 0 unspecified atom stereocenters. The maximum atomic E-state index is 12.3. The number of nitrogens with zero attached hydrogens (tertiary/aromatic N) is 2. The van der Waals surface area contributed by atoms with E-state index in [4.69, 9.17) is 9.47 Å². The fourth-order valence-corrected chi connectivity index (χ4v) is 3.77. The number of benzene rings is 2. The molecule has 0 bridgehead atoms. The monoisotopic (exact) mass is 405 g/mol. The number of para-hydroxylation sites is 1. The number of fused-ring (bicyclic) bond motifs is 1. The van der Waals surface area contributed by atoms with Gasteiger partial charge < -0.3 is 19.4 Å². The number of carbonyl (C=O) groups is 1. The van der Waals surface area contributed by atoms with Crippen molar-refractivity contribution in [2.45, 2.75) is 31.7 Å². The van der Waals surface area contributed by atoms with Gasteiger partial charge in [-0.3, -0.25) is 4.79 Å². The minimum atomic E-state index is -0.119. The number of carbonyl (C=O) groups excluding carboxylic acids is 1. The van der Waals surface area contributed by atoms with Gasteiger partial charge in [-0.2, -0.15) is 0 Å². The van der Waals surface area contributed by atoms with Gasteiger partial charge >= 0.3 is 0 Å². The molecule has 0 spiro atoms. The van der Waals surface area contributed by atoms with Crippen LogP contribution in [-0.4, -0.2) is 35.7 Å². The second kappa shape index (κ2) is 9.59. The highest BCUT2D eigenvalue weighted by atomic mass is 16.5. The number of methoxy groups -OCH3 is 1. The minimum Gasteiger partial charge on any atom is -0.457 e. The molecule has 6 heteroatoms. The summed E-state index contributed by atoms with van der Waals surface area (Å²) in [6.45, 7) is 2.06. The van der Waals surface area contributed by atoms with E-state index in [1.807, 2.05) is 48.7 Å². The molecule has 156 valence electrons. The molecule has 1 N–H and O–H groups in total. The minimum absolute atomic E-state index is 0.119. The molecule has 0 saturated carbocycles. The first kappa shape index (κ1) is 20.2. The molecule has 1 amide bonds. The SMILES string of the molecule is COCCCNC(=O)c1cn2c(n1)CC[C@H](c1ccc(Oc3ccccc3)cc1)C2. The number of aromatic nitrogens is 2. The predicted molar refractivity (Wildman–Crippen MR) is 115 cm³/mol. The average molecular weight is 405 g/mol. The van der Waals surface area contributed by atoms with Gasteiger partial charge in [-0.15, -0.1) is 0 Å². The largest absolute Gasteiger partial charge is 0.457 e. The fourth-order valence-electron chi connectivity index (χ4n) is 3.77. The highest BCUT2D eigenvalue weighted by Crippen LogP contribution is 2.31. The highest BCUT2D eigenvalue weighted by Gasteiger charge is 2.23. The average Bonchev–Trinajstić information content (AvgIpc) is 3.21. The third-order valence-corrected chi connectivity index (χ3v) is 5.37. The molecule has 0 saturated heterocycles. The van der Waals surface area contributed by atoms with E-state index >= 15 is 0 Å². The smallest absolute Gasteiger partial charge is 0.271 e. The number of imidazole rings is 1. The topological polar surface area (TPSA) is 65.4 Å². The van der Waals surface area contributed by atoms with Crippen LogP contribution in [0.1, 0.15) is 40.6 Å². The van der Waals surface area contributed by atoms with E-state index < -0.39 is 0 Å². The number of hydrogen-bond acceptors (Lipinski definition) is 4. The van der Waals surface area contributed by atoms with Crippen molar-refractivity contribution in [2.75, 3.05) is 20.3 Å². The van der Waals surface area contributed by atoms with Crippen molar-refractivity contribution >= 4 is 5.91 Å². The Kier molecular flexibility index (Phi) is 6.44. The van der Waals surface area contributed by atoms with E-state index in [2.05, 4.69) is 27.0 Å². The first-order valence-electron chi connectivity index (χ1n) is 10.4. The predicted octanol–water partition coefficient (Wildman–Crippen LogP) is 4.17. The standard InChI is InChI=1S/C24H27N3O3/c1-29-15-5-14-25-24(28)22-17-27-16-19(10-13-23(27)26-22)18-8-11-21(12-9-18)30-20-6-3-2-4-7-20/h2-4,6-9,11-12,17,19H,5,10,13-16H2,1H3,(H,25,28)/t19-/m0/s1. The van der Waals surface area contributed by atoms with Crippen LogP contribution in [0.3, 0.4) is 0 Å². The number of aryl methyl sites for hydroxylation is 1. The molecule has 30 heavy (non-hydrogen) atoms. The zero-order valence-corrected chi connectivity index (χ0v) is 17.2. The van der Waals surface area contributed by atoms with Gasteiger partial charge in [0.05, 0.1) is 0 Å². The summed E-state index contributed by atoms with van der Waals surface area (Å²) in [4.78, 5) is 16.9. The Balaban J connectivity index is 1.37. The van der Waals surface area contributed by atoms with E-state index in [0.29, 0.717) is 24.8 Å². The van der Waals surface area contributed by atoms with Crippen LogP contribution in [0.15, 0.2) is 60.8 Å². The van der Waals surface area contributed by atoms with Crippen LogP contribution < -0.4 is 10.1 Å². The van der Waals surface area contributed by atoms with Crippen molar-refractivity contribution < 1.29 is 14.3 Å². The summed E-state index contributed by atoms with van der Waals surface area (Å²) in [5.74, 6) is 2.93. The Hall–Kier alpha value is -3.12. The van der Waals surface area contributed by atoms with Gasteiger partial charge in [0, 0.05) is 45.3 Å². The van der Waals surface area contributed by atoms with E-state index in [0.717, 1.165) is 43.1 Å². The van der Waals surface area contributed by atoms with Crippen LogP contribution in [0.4, 0.5) is 0 Å². The number of rotatable bonds is 8. The highest BCUT2D eigenvalue weighted by molar-refractivity contribution is 5.92. The van der Waals surface area contributed by atoms with E-state index in [1.54, 1.807) is 7.11 Å². The lowest BCUT2D eigenvalue weighted by molar-refractivity contribution is 0.0944. The Bertz CT molecular complexity index is 967. The van der Waals surface area contributed by atoms with Crippen LogP contribution in [0, 0.1) is 0 Å². The fraction of sp³-hybridized carbons (Fsp3) is 0.333. The van der Waals surface area contributed by atoms with Crippen LogP contribution in [0.25, 0.3) is 0 Å². The second-order valence-electron chi connectivity index (χ2n) is 7.52. The molecular weight excluding hydrogens is 378 g/mol. The van der Waals surface area contributed by atoms with Crippen molar-refractivity contribution in [2.24, 2.45) is 0 Å². The quantitative estimate of drug-likeness (QED) is 0.571. The van der Waals surface area contributed by atoms with E-state index in [-0.39, 0.29) is 5.91 Å². The van der Waals surface area contributed by atoms with E-state index in [9.17, 15) is 4.79 Å². The Morgan fingerprint density at radius 3 is 2.67 bits per heavy atom. The molecule has 2 heterocycles. The Labute approximate surface area is 176 Å². The number of ether oxygens (including phenoxy) is 2. The van der Waals surface area contributed by atoms with Crippen molar-refractivity contribution in [1.29, 1.82) is 0 Å². The van der Waals surface area contributed by atoms with Gasteiger partial charge in [0.25, 0.3) is 5.91 Å². The van der Waals surface area contributed by atoms with Gasteiger partial charge in [-0.1, -0.05) is 30.3 Å². The maximum Gasteiger partial charge on any atom is 0.271 e. The van der Waals surface area contributed by atoms with Gasteiger partial charge in [0.2, 0.25) is 0 Å². The Morgan fingerprint density at radius 1 is 1.13 bits per heavy atom.